The van der Waals surface area contributed by atoms with E-state index >= 15 is 0 Å². The van der Waals surface area contributed by atoms with Crippen molar-refractivity contribution in [2.24, 2.45) is 29.6 Å². The Bertz CT molecular complexity index is 267. The predicted molar refractivity (Wildman–Crippen MR) is 88.9 cm³/mol. The summed E-state index contributed by atoms with van der Waals surface area (Å²) in [5, 5.41) is 3.89. The van der Waals surface area contributed by atoms with Crippen LogP contribution in [-0.2, 0) is 0 Å². The third kappa shape index (κ3) is 4.00. The van der Waals surface area contributed by atoms with Crippen LogP contribution in [-0.4, -0.2) is 12.6 Å². The van der Waals surface area contributed by atoms with Gasteiger partial charge in [0.25, 0.3) is 0 Å². The molecule has 0 aromatic heterocycles. The summed E-state index contributed by atoms with van der Waals surface area (Å²) >= 11 is 0. The summed E-state index contributed by atoms with van der Waals surface area (Å²) < 4.78 is 0. The first kappa shape index (κ1) is 16.3. The molecule has 2 rings (SSSR count). The Balaban J connectivity index is 1.93. The van der Waals surface area contributed by atoms with Gasteiger partial charge in [0.1, 0.15) is 0 Å². The van der Waals surface area contributed by atoms with Crippen molar-refractivity contribution in [2.75, 3.05) is 6.54 Å². The molecule has 20 heavy (non-hydrogen) atoms. The second kappa shape index (κ2) is 7.82. The molecule has 0 aromatic rings. The molecule has 0 amide bonds. The highest BCUT2D eigenvalue weighted by Gasteiger charge is 2.35. The molecule has 2 aliphatic rings. The molecule has 0 aliphatic heterocycles. The first-order valence-electron chi connectivity index (χ1n) is 9.39. The normalized spacial score (nSPS) is 40.5. The van der Waals surface area contributed by atoms with Gasteiger partial charge in [-0.15, -0.1) is 0 Å². The van der Waals surface area contributed by atoms with Gasteiger partial charge >= 0.3 is 0 Å². The second-order valence-corrected chi connectivity index (χ2v) is 7.80. The number of hydrogen-bond acceptors (Lipinski definition) is 1. The molecule has 0 saturated heterocycles. The first-order chi connectivity index (χ1) is 9.65. The first-order valence-corrected chi connectivity index (χ1v) is 9.39. The average Bonchev–Trinajstić information content (AvgIpc) is 2.48. The fourth-order valence-corrected chi connectivity index (χ4v) is 4.82. The molecular weight excluding hydrogens is 242 g/mol. The molecule has 4 unspecified atom stereocenters. The van der Waals surface area contributed by atoms with E-state index in [-0.39, 0.29) is 0 Å². The van der Waals surface area contributed by atoms with Gasteiger partial charge in [0, 0.05) is 6.04 Å². The Morgan fingerprint density at radius 2 is 1.50 bits per heavy atom. The van der Waals surface area contributed by atoms with E-state index in [0.29, 0.717) is 0 Å². The van der Waals surface area contributed by atoms with E-state index in [2.05, 4.69) is 33.0 Å². The van der Waals surface area contributed by atoms with Gasteiger partial charge < -0.3 is 5.32 Å². The molecular formula is C19H37N. The molecule has 0 bridgehead atoms. The van der Waals surface area contributed by atoms with Crippen molar-refractivity contribution in [3.8, 4) is 0 Å². The van der Waals surface area contributed by atoms with Gasteiger partial charge in [0.15, 0.2) is 0 Å². The monoisotopic (exact) mass is 279 g/mol. The Kier molecular flexibility index (Phi) is 6.39. The summed E-state index contributed by atoms with van der Waals surface area (Å²) in [6, 6.07) is 0.813. The maximum absolute atomic E-state index is 3.89. The number of nitrogens with one attached hydrogen (secondary N) is 1. The zero-order valence-corrected chi connectivity index (χ0v) is 14.3. The van der Waals surface area contributed by atoms with Gasteiger partial charge in [-0.25, -0.2) is 0 Å². The van der Waals surface area contributed by atoms with Crippen LogP contribution in [0.25, 0.3) is 0 Å². The minimum absolute atomic E-state index is 0.813. The van der Waals surface area contributed by atoms with Crippen molar-refractivity contribution >= 4 is 0 Å². The third-order valence-electron chi connectivity index (χ3n) is 6.56. The SMILES string of the molecule is CCNC(C1CCC(CC)CC1)C1CCC(C)C(C)C1. The molecule has 2 saturated carbocycles. The van der Waals surface area contributed by atoms with Gasteiger partial charge in [-0.05, 0) is 61.8 Å². The summed E-state index contributed by atoms with van der Waals surface area (Å²) in [5.74, 6) is 4.82. The van der Waals surface area contributed by atoms with E-state index in [1.54, 1.807) is 0 Å². The summed E-state index contributed by atoms with van der Waals surface area (Å²) in [5.41, 5.74) is 0. The standard InChI is InChI=1S/C19H37N/c1-5-16-8-11-17(12-9-16)19(20-6-2)18-10-7-14(3)15(4)13-18/h14-20H,5-13H2,1-4H3. The maximum Gasteiger partial charge on any atom is 0.0124 e. The van der Waals surface area contributed by atoms with Gasteiger partial charge in [0.2, 0.25) is 0 Å². The lowest BCUT2D eigenvalue weighted by atomic mass is 9.67. The van der Waals surface area contributed by atoms with E-state index < -0.39 is 0 Å². The Morgan fingerprint density at radius 3 is 2.05 bits per heavy atom. The van der Waals surface area contributed by atoms with E-state index in [4.69, 9.17) is 0 Å². The highest BCUT2D eigenvalue weighted by molar-refractivity contribution is 4.89. The zero-order valence-electron chi connectivity index (χ0n) is 14.3. The zero-order chi connectivity index (χ0) is 14.5. The largest absolute Gasteiger partial charge is 0.314 e. The molecule has 118 valence electrons. The Labute approximate surface area is 127 Å². The van der Waals surface area contributed by atoms with Crippen LogP contribution in [0.15, 0.2) is 0 Å². The Hall–Kier alpha value is -0.0400. The summed E-state index contributed by atoms with van der Waals surface area (Å²) in [6.07, 6.45) is 11.7. The smallest absolute Gasteiger partial charge is 0.0124 e. The lowest BCUT2D eigenvalue weighted by molar-refractivity contribution is 0.115. The lowest BCUT2D eigenvalue weighted by Gasteiger charge is -2.42. The van der Waals surface area contributed by atoms with Gasteiger partial charge in [-0.2, -0.15) is 0 Å². The second-order valence-electron chi connectivity index (χ2n) is 7.80. The van der Waals surface area contributed by atoms with Crippen molar-refractivity contribution in [3.05, 3.63) is 0 Å². The summed E-state index contributed by atoms with van der Waals surface area (Å²) in [6.45, 7) is 10.7. The molecule has 4 atom stereocenters. The van der Waals surface area contributed by atoms with Crippen molar-refractivity contribution < 1.29 is 0 Å². The van der Waals surface area contributed by atoms with Gasteiger partial charge in [-0.3, -0.25) is 0 Å². The van der Waals surface area contributed by atoms with Crippen LogP contribution in [0.3, 0.4) is 0 Å². The van der Waals surface area contributed by atoms with Crippen LogP contribution in [0, 0.1) is 29.6 Å². The average molecular weight is 280 g/mol. The quantitative estimate of drug-likeness (QED) is 0.724. The molecule has 1 heteroatoms. The van der Waals surface area contributed by atoms with Crippen molar-refractivity contribution in [3.63, 3.8) is 0 Å². The molecule has 2 aliphatic carbocycles. The van der Waals surface area contributed by atoms with Gasteiger partial charge in [-0.1, -0.05) is 53.4 Å². The lowest BCUT2D eigenvalue weighted by Crippen LogP contribution is -2.45. The minimum atomic E-state index is 0.813. The number of hydrogen-bond donors (Lipinski definition) is 1. The van der Waals surface area contributed by atoms with Crippen molar-refractivity contribution in [1.82, 2.24) is 5.32 Å². The highest BCUT2D eigenvalue weighted by Crippen LogP contribution is 2.41. The fourth-order valence-electron chi connectivity index (χ4n) is 4.82. The van der Waals surface area contributed by atoms with Crippen LogP contribution in [0.1, 0.15) is 79.1 Å². The van der Waals surface area contributed by atoms with E-state index in [1.165, 1.54) is 51.4 Å². The fraction of sp³-hybridized carbons (Fsp3) is 1.00. The maximum atomic E-state index is 3.89. The molecule has 0 heterocycles. The van der Waals surface area contributed by atoms with Crippen LogP contribution < -0.4 is 5.32 Å². The van der Waals surface area contributed by atoms with Crippen LogP contribution in [0.4, 0.5) is 0 Å². The summed E-state index contributed by atoms with van der Waals surface area (Å²) in [7, 11) is 0. The van der Waals surface area contributed by atoms with Gasteiger partial charge in [0.05, 0.1) is 0 Å². The van der Waals surface area contributed by atoms with Crippen LogP contribution in [0.2, 0.25) is 0 Å². The predicted octanol–water partition coefficient (Wildman–Crippen LogP) is 5.25. The molecule has 1 nitrogen and oxygen atoms in total. The molecule has 0 aromatic carbocycles. The summed E-state index contributed by atoms with van der Waals surface area (Å²) in [4.78, 5) is 0. The third-order valence-corrected chi connectivity index (χ3v) is 6.56. The topological polar surface area (TPSA) is 12.0 Å². The van der Waals surface area contributed by atoms with Crippen molar-refractivity contribution in [1.29, 1.82) is 0 Å². The van der Waals surface area contributed by atoms with E-state index in [9.17, 15) is 0 Å². The van der Waals surface area contributed by atoms with Crippen LogP contribution in [0.5, 0.6) is 0 Å². The number of rotatable bonds is 5. The molecule has 0 radical (unpaired) electrons. The van der Waals surface area contributed by atoms with E-state index in [1.807, 2.05) is 0 Å². The van der Waals surface area contributed by atoms with E-state index in [0.717, 1.165) is 42.2 Å². The highest BCUT2D eigenvalue weighted by atomic mass is 14.9. The van der Waals surface area contributed by atoms with Crippen LogP contribution >= 0.6 is 0 Å². The van der Waals surface area contributed by atoms with Crippen molar-refractivity contribution in [2.45, 2.75) is 85.1 Å². The molecule has 0 spiro atoms. The Morgan fingerprint density at radius 1 is 0.850 bits per heavy atom. The molecule has 1 N–H and O–H groups in total. The molecule has 2 fully saturated rings. The minimum Gasteiger partial charge on any atom is -0.314 e.